The maximum absolute atomic E-state index is 12.7. The predicted octanol–water partition coefficient (Wildman–Crippen LogP) is 2.31. The van der Waals surface area contributed by atoms with Gasteiger partial charge >= 0.3 is 5.97 Å². The number of amides is 2. The van der Waals surface area contributed by atoms with Crippen LogP contribution < -0.4 is 5.32 Å². The lowest BCUT2D eigenvalue weighted by atomic mass is 9.96. The van der Waals surface area contributed by atoms with Gasteiger partial charge in [0.05, 0.1) is 10.0 Å². The number of benzene rings is 1. The number of nitrogens with one attached hydrogen (secondary N) is 1. The summed E-state index contributed by atoms with van der Waals surface area (Å²) in [7, 11) is 1.37. The minimum atomic E-state index is -1.06. The van der Waals surface area contributed by atoms with E-state index in [0.717, 1.165) is 0 Å². The predicted molar refractivity (Wildman–Crippen MR) is 102 cm³/mol. The molecule has 2 N–H and O–H groups in total. The van der Waals surface area contributed by atoms with Crippen LogP contribution in [0.1, 0.15) is 25.5 Å². The molecule has 3 rings (SSSR count). The summed E-state index contributed by atoms with van der Waals surface area (Å²) in [5, 5.41) is 12.3. The van der Waals surface area contributed by atoms with Gasteiger partial charge in [0.2, 0.25) is 5.91 Å². The Morgan fingerprint density at radius 3 is 2.56 bits per heavy atom. The molecule has 2 saturated heterocycles. The van der Waals surface area contributed by atoms with Crippen LogP contribution >= 0.6 is 35.0 Å². The van der Waals surface area contributed by atoms with Crippen LogP contribution in [-0.4, -0.2) is 57.1 Å². The Bertz CT molecular complexity index is 819. The SMILES string of the molecule is CO[C@H](C(=O)N[C@@H]1C(=O)N2[C@@H]1SC(C)(C)[C@@H]2C(=O)O)c1ccc(Cl)c(Cl)c1. The first-order valence-electron chi connectivity index (χ1n) is 8.09. The minimum Gasteiger partial charge on any atom is -0.480 e. The van der Waals surface area contributed by atoms with Crippen LogP contribution in [0.3, 0.4) is 0 Å². The van der Waals surface area contributed by atoms with E-state index in [4.69, 9.17) is 27.9 Å². The van der Waals surface area contributed by atoms with Gasteiger partial charge in [-0.2, -0.15) is 0 Å². The Morgan fingerprint density at radius 1 is 1.33 bits per heavy atom. The lowest BCUT2D eigenvalue weighted by Crippen LogP contribution is -2.70. The second-order valence-electron chi connectivity index (χ2n) is 6.87. The number of halogens is 2. The van der Waals surface area contributed by atoms with E-state index < -0.39 is 46.1 Å². The van der Waals surface area contributed by atoms with Crippen molar-refractivity contribution in [3.05, 3.63) is 33.8 Å². The fourth-order valence-corrected chi connectivity index (χ4v) is 5.38. The number of β-lactam (4-membered cyclic amide) rings is 1. The van der Waals surface area contributed by atoms with Gasteiger partial charge in [0.15, 0.2) is 6.10 Å². The van der Waals surface area contributed by atoms with Gasteiger partial charge in [-0.25, -0.2) is 4.79 Å². The first kappa shape index (κ1) is 20.3. The third kappa shape index (κ3) is 3.40. The Morgan fingerprint density at radius 2 is 2.00 bits per heavy atom. The molecule has 0 radical (unpaired) electrons. The summed E-state index contributed by atoms with van der Waals surface area (Å²) >= 11 is 13.3. The number of hydrogen-bond donors (Lipinski definition) is 2. The Balaban J connectivity index is 1.75. The molecule has 4 atom stereocenters. The number of carboxylic acid groups (broad SMARTS) is 1. The first-order chi connectivity index (χ1) is 12.6. The third-order valence-electron chi connectivity index (χ3n) is 4.69. The molecule has 1 aromatic rings. The smallest absolute Gasteiger partial charge is 0.327 e. The van der Waals surface area contributed by atoms with E-state index in [-0.39, 0.29) is 5.02 Å². The van der Waals surface area contributed by atoms with Crippen molar-refractivity contribution in [3.8, 4) is 0 Å². The molecule has 10 heteroatoms. The molecule has 0 unspecified atom stereocenters. The van der Waals surface area contributed by atoms with Crippen molar-refractivity contribution in [2.24, 2.45) is 0 Å². The Labute approximate surface area is 170 Å². The number of ether oxygens (including phenoxy) is 1. The second kappa shape index (κ2) is 7.16. The standard InChI is InChI=1S/C17H18Cl2N2O5S/c1-17(2)12(16(24)25)21-14(23)10(15(21)27-17)20-13(22)11(26-3)7-4-5-8(18)9(19)6-7/h4-6,10-12,15H,1-3H3,(H,20,22)(H,24,25)/t10-,11+,12+,15-/m1/s1. The third-order valence-corrected chi connectivity index (χ3v) is 7.00. The molecule has 27 heavy (non-hydrogen) atoms. The number of carbonyl (C=O) groups excluding carboxylic acids is 2. The van der Waals surface area contributed by atoms with Crippen LogP contribution in [-0.2, 0) is 19.1 Å². The van der Waals surface area contributed by atoms with Gasteiger partial charge in [-0.1, -0.05) is 29.3 Å². The molecule has 2 heterocycles. The van der Waals surface area contributed by atoms with E-state index in [1.165, 1.54) is 29.8 Å². The van der Waals surface area contributed by atoms with Crippen LogP contribution in [0.15, 0.2) is 18.2 Å². The van der Waals surface area contributed by atoms with Crippen LogP contribution in [0.5, 0.6) is 0 Å². The summed E-state index contributed by atoms with van der Waals surface area (Å²) in [6, 6.07) is 2.97. The highest BCUT2D eigenvalue weighted by Gasteiger charge is 2.64. The summed E-state index contributed by atoms with van der Waals surface area (Å²) < 4.78 is 4.61. The molecule has 2 amide bonds. The molecule has 146 valence electrons. The Hall–Kier alpha value is -1.48. The molecule has 0 saturated carbocycles. The van der Waals surface area contributed by atoms with Gasteiger partial charge in [0.1, 0.15) is 17.5 Å². The van der Waals surface area contributed by atoms with Crippen molar-refractivity contribution < 1.29 is 24.2 Å². The van der Waals surface area contributed by atoms with Gasteiger partial charge in [-0.15, -0.1) is 11.8 Å². The molecule has 2 aliphatic heterocycles. The number of fused-ring (bicyclic) bond motifs is 1. The number of hydrogen-bond acceptors (Lipinski definition) is 5. The summed E-state index contributed by atoms with van der Waals surface area (Å²) in [4.78, 5) is 38.0. The molecule has 7 nitrogen and oxygen atoms in total. The maximum Gasteiger partial charge on any atom is 0.327 e. The van der Waals surface area contributed by atoms with E-state index in [2.05, 4.69) is 5.32 Å². The average molecular weight is 433 g/mol. The van der Waals surface area contributed by atoms with Crippen molar-refractivity contribution in [1.29, 1.82) is 0 Å². The first-order valence-corrected chi connectivity index (χ1v) is 9.73. The Kier molecular flexibility index (Phi) is 5.37. The highest BCUT2D eigenvalue weighted by molar-refractivity contribution is 8.01. The number of thioether (sulfide) groups is 1. The number of aliphatic carboxylic acids is 1. The van der Waals surface area contributed by atoms with Gasteiger partial charge in [-0.05, 0) is 31.5 Å². The van der Waals surface area contributed by atoms with Crippen molar-refractivity contribution in [2.75, 3.05) is 7.11 Å². The fraction of sp³-hybridized carbons (Fsp3) is 0.471. The molecule has 0 spiro atoms. The van der Waals surface area contributed by atoms with E-state index in [0.29, 0.717) is 10.6 Å². The topological polar surface area (TPSA) is 95.9 Å². The molecular formula is C17H18Cl2N2O5S. The highest BCUT2D eigenvalue weighted by Crippen LogP contribution is 2.50. The summed E-state index contributed by atoms with van der Waals surface area (Å²) in [6.07, 6.45) is -0.976. The summed E-state index contributed by atoms with van der Waals surface area (Å²) in [5.41, 5.74) is 0.496. The maximum atomic E-state index is 12.7. The lowest BCUT2D eigenvalue weighted by molar-refractivity contribution is -0.161. The zero-order valence-corrected chi connectivity index (χ0v) is 17.1. The number of methoxy groups -OCH3 is 1. The largest absolute Gasteiger partial charge is 0.480 e. The van der Waals surface area contributed by atoms with Crippen LogP contribution in [0.4, 0.5) is 0 Å². The number of carbonyl (C=O) groups is 3. The number of rotatable bonds is 5. The number of nitrogens with zero attached hydrogens (tertiary/aromatic N) is 1. The number of carboxylic acids is 1. The normalized spacial score (nSPS) is 26.9. The van der Waals surface area contributed by atoms with Crippen molar-refractivity contribution >= 4 is 52.7 Å². The quantitative estimate of drug-likeness (QED) is 0.692. The molecule has 0 aliphatic carbocycles. The zero-order chi connectivity index (χ0) is 20.1. The molecule has 0 aromatic heterocycles. The fourth-order valence-electron chi connectivity index (χ4n) is 3.44. The van der Waals surface area contributed by atoms with Crippen molar-refractivity contribution in [3.63, 3.8) is 0 Å². The van der Waals surface area contributed by atoms with Crippen LogP contribution in [0, 0.1) is 0 Å². The van der Waals surface area contributed by atoms with E-state index in [1.807, 2.05) is 0 Å². The van der Waals surface area contributed by atoms with Gasteiger partial charge in [0.25, 0.3) is 5.91 Å². The van der Waals surface area contributed by atoms with E-state index in [9.17, 15) is 19.5 Å². The monoisotopic (exact) mass is 432 g/mol. The molecule has 2 aliphatic rings. The van der Waals surface area contributed by atoms with Crippen LogP contribution in [0.2, 0.25) is 10.0 Å². The van der Waals surface area contributed by atoms with Crippen molar-refractivity contribution in [1.82, 2.24) is 10.2 Å². The molecule has 1 aromatic carbocycles. The van der Waals surface area contributed by atoms with Gasteiger partial charge in [0, 0.05) is 11.9 Å². The van der Waals surface area contributed by atoms with Gasteiger partial charge < -0.3 is 20.1 Å². The van der Waals surface area contributed by atoms with Crippen molar-refractivity contribution in [2.45, 2.75) is 42.2 Å². The second-order valence-corrected chi connectivity index (χ2v) is 9.46. The molecule has 0 bridgehead atoms. The zero-order valence-electron chi connectivity index (χ0n) is 14.7. The minimum absolute atomic E-state index is 0.285. The van der Waals surface area contributed by atoms with E-state index in [1.54, 1.807) is 26.0 Å². The average Bonchev–Trinajstić information content (AvgIpc) is 2.84. The summed E-state index contributed by atoms with van der Waals surface area (Å²) in [6.45, 7) is 3.54. The molecular weight excluding hydrogens is 415 g/mol. The highest BCUT2D eigenvalue weighted by atomic mass is 35.5. The summed E-state index contributed by atoms with van der Waals surface area (Å²) in [5.74, 6) is -1.98. The van der Waals surface area contributed by atoms with E-state index >= 15 is 0 Å². The van der Waals surface area contributed by atoms with Crippen LogP contribution in [0.25, 0.3) is 0 Å². The molecule has 2 fully saturated rings. The lowest BCUT2D eigenvalue weighted by Gasteiger charge is -2.43. The van der Waals surface area contributed by atoms with Gasteiger partial charge in [-0.3, -0.25) is 9.59 Å².